The number of rotatable bonds is 4. The van der Waals surface area contributed by atoms with Gasteiger partial charge < -0.3 is 9.73 Å². The van der Waals surface area contributed by atoms with Gasteiger partial charge in [-0.2, -0.15) is 0 Å². The Morgan fingerprint density at radius 2 is 2.05 bits per heavy atom. The predicted octanol–water partition coefficient (Wildman–Crippen LogP) is 4.87. The van der Waals surface area contributed by atoms with E-state index in [0.29, 0.717) is 0 Å². The van der Waals surface area contributed by atoms with Crippen LogP contribution in [0, 0.1) is 6.92 Å². The third-order valence-electron chi connectivity index (χ3n) is 3.73. The fraction of sp³-hybridized carbons (Fsp3) is 0.278. The lowest BCUT2D eigenvalue weighted by Crippen LogP contribution is -2.08. The third kappa shape index (κ3) is 2.64. The molecule has 3 rings (SSSR count). The number of anilines is 1. The average Bonchev–Trinajstić information content (AvgIpc) is 2.86. The van der Waals surface area contributed by atoms with E-state index < -0.39 is 0 Å². The van der Waals surface area contributed by atoms with Gasteiger partial charge in [0, 0.05) is 23.3 Å². The lowest BCUT2D eigenvalue weighted by atomic mass is 10.0. The number of hydrogen-bond donors (Lipinski definition) is 1. The van der Waals surface area contributed by atoms with Gasteiger partial charge in [-0.25, -0.2) is 0 Å². The summed E-state index contributed by atoms with van der Waals surface area (Å²) in [6, 6.07) is 10.4. The Hall–Kier alpha value is -2.29. The molecule has 1 atom stereocenters. The van der Waals surface area contributed by atoms with Crippen molar-refractivity contribution in [1.29, 1.82) is 0 Å². The van der Waals surface area contributed by atoms with E-state index in [1.165, 1.54) is 10.9 Å². The lowest BCUT2D eigenvalue weighted by molar-refractivity contribution is 0.520. The van der Waals surface area contributed by atoms with Crippen molar-refractivity contribution in [2.45, 2.75) is 33.2 Å². The van der Waals surface area contributed by atoms with E-state index in [1.54, 1.807) is 0 Å². The van der Waals surface area contributed by atoms with Gasteiger partial charge in [0.1, 0.15) is 11.3 Å². The van der Waals surface area contributed by atoms with Crippen LogP contribution in [0.4, 0.5) is 5.69 Å². The summed E-state index contributed by atoms with van der Waals surface area (Å²) in [7, 11) is 0. The smallest absolute Gasteiger partial charge is 0.134 e. The first kappa shape index (κ1) is 13.7. The predicted molar refractivity (Wildman–Crippen MR) is 86.6 cm³/mol. The summed E-state index contributed by atoms with van der Waals surface area (Å²) < 4.78 is 6.07. The molecule has 0 amide bonds. The van der Waals surface area contributed by atoms with Crippen LogP contribution in [-0.2, 0) is 6.42 Å². The molecule has 0 spiro atoms. The van der Waals surface area contributed by atoms with Crippen molar-refractivity contribution in [3.8, 4) is 0 Å². The van der Waals surface area contributed by atoms with Crippen LogP contribution in [0.2, 0.25) is 0 Å². The van der Waals surface area contributed by atoms with E-state index in [2.05, 4.69) is 42.3 Å². The molecule has 3 heteroatoms. The summed E-state index contributed by atoms with van der Waals surface area (Å²) in [6.07, 6.45) is 4.66. The van der Waals surface area contributed by atoms with E-state index in [0.717, 1.165) is 29.0 Å². The largest absolute Gasteiger partial charge is 0.459 e. The zero-order valence-corrected chi connectivity index (χ0v) is 12.7. The Balaban J connectivity index is 1.95. The number of nitrogens with zero attached hydrogens (tertiary/aromatic N) is 1. The highest BCUT2D eigenvalue weighted by atomic mass is 16.3. The minimum absolute atomic E-state index is 0.107. The Morgan fingerprint density at radius 3 is 2.81 bits per heavy atom. The van der Waals surface area contributed by atoms with Gasteiger partial charge in [-0.1, -0.05) is 25.1 Å². The minimum atomic E-state index is 0.107. The quantitative estimate of drug-likeness (QED) is 0.740. The first-order valence-electron chi connectivity index (χ1n) is 7.37. The molecule has 0 fully saturated rings. The number of aryl methyl sites for hydroxylation is 2. The molecule has 0 radical (unpaired) electrons. The van der Waals surface area contributed by atoms with Crippen LogP contribution in [0.15, 0.2) is 47.1 Å². The molecule has 1 N–H and O–H groups in total. The van der Waals surface area contributed by atoms with E-state index in [-0.39, 0.29) is 6.04 Å². The van der Waals surface area contributed by atoms with Gasteiger partial charge in [-0.3, -0.25) is 4.98 Å². The van der Waals surface area contributed by atoms with Crippen molar-refractivity contribution in [3.05, 3.63) is 59.6 Å². The highest BCUT2D eigenvalue weighted by Gasteiger charge is 2.18. The number of fused-ring (bicyclic) bond motifs is 1. The molecule has 0 aliphatic rings. The average molecular weight is 280 g/mol. The van der Waals surface area contributed by atoms with E-state index in [4.69, 9.17) is 4.42 Å². The Kier molecular flexibility index (Phi) is 3.65. The summed E-state index contributed by atoms with van der Waals surface area (Å²) in [5.74, 6) is 1.01. The molecule has 3 nitrogen and oxygen atoms in total. The highest BCUT2D eigenvalue weighted by molar-refractivity contribution is 5.82. The molecule has 2 aromatic heterocycles. The number of para-hydroxylation sites is 1. The maximum atomic E-state index is 6.07. The molecule has 0 saturated carbocycles. The second-order valence-electron chi connectivity index (χ2n) is 5.41. The van der Waals surface area contributed by atoms with Crippen molar-refractivity contribution < 1.29 is 4.42 Å². The number of nitrogens with one attached hydrogen (secondary N) is 1. The van der Waals surface area contributed by atoms with Crippen LogP contribution < -0.4 is 5.32 Å². The molecule has 2 heterocycles. The molecule has 0 bridgehead atoms. The first-order valence-corrected chi connectivity index (χ1v) is 7.37. The molecule has 0 saturated heterocycles. The molecule has 108 valence electrons. The lowest BCUT2D eigenvalue weighted by Gasteiger charge is -2.14. The van der Waals surface area contributed by atoms with Crippen molar-refractivity contribution in [2.75, 3.05) is 5.32 Å². The summed E-state index contributed by atoms with van der Waals surface area (Å²) >= 11 is 0. The molecule has 3 aromatic rings. The first-order chi connectivity index (χ1) is 10.2. The van der Waals surface area contributed by atoms with Gasteiger partial charge in [0.05, 0.1) is 11.7 Å². The number of benzene rings is 1. The number of furan rings is 1. The van der Waals surface area contributed by atoms with Crippen LogP contribution >= 0.6 is 0 Å². The second kappa shape index (κ2) is 5.60. The van der Waals surface area contributed by atoms with Crippen molar-refractivity contribution in [1.82, 2.24) is 4.98 Å². The summed E-state index contributed by atoms with van der Waals surface area (Å²) in [5, 5.41) is 4.69. The summed E-state index contributed by atoms with van der Waals surface area (Å²) in [6.45, 7) is 6.34. The van der Waals surface area contributed by atoms with Crippen LogP contribution in [0.3, 0.4) is 0 Å². The van der Waals surface area contributed by atoms with Gasteiger partial charge in [0.15, 0.2) is 0 Å². The molecular weight excluding hydrogens is 260 g/mol. The van der Waals surface area contributed by atoms with Crippen LogP contribution in [0.1, 0.15) is 36.8 Å². The topological polar surface area (TPSA) is 38.1 Å². The van der Waals surface area contributed by atoms with Gasteiger partial charge in [-0.15, -0.1) is 0 Å². The minimum Gasteiger partial charge on any atom is -0.459 e. The van der Waals surface area contributed by atoms with Crippen molar-refractivity contribution in [3.63, 3.8) is 0 Å². The Morgan fingerprint density at radius 1 is 1.24 bits per heavy atom. The van der Waals surface area contributed by atoms with E-state index in [9.17, 15) is 0 Å². The van der Waals surface area contributed by atoms with Crippen molar-refractivity contribution >= 4 is 16.7 Å². The van der Waals surface area contributed by atoms with Gasteiger partial charge >= 0.3 is 0 Å². The molecular formula is C18H20N2O. The summed E-state index contributed by atoms with van der Waals surface area (Å²) in [4.78, 5) is 4.22. The maximum Gasteiger partial charge on any atom is 0.134 e. The zero-order chi connectivity index (χ0) is 14.8. The SMILES string of the molecule is CCc1c(C(C)Nc2cncc(C)c2)oc2ccccc12. The monoisotopic (exact) mass is 280 g/mol. The molecule has 1 unspecified atom stereocenters. The molecule has 21 heavy (non-hydrogen) atoms. The Bertz CT molecular complexity index is 761. The van der Waals surface area contributed by atoms with Crippen molar-refractivity contribution in [2.24, 2.45) is 0 Å². The fourth-order valence-corrected chi connectivity index (χ4v) is 2.78. The van der Waals surface area contributed by atoms with Gasteiger partial charge in [0.25, 0.3) is 0 Å². The van der Waals surface area contributed by atoms with Crippen LogP contribution in [0.5, 0.6) is 0 Å². The van der Waals surface area contributed by atoms with Crippen LogP contribution in [0.25, 0.3) is 11.0 Å². The fourth-order valence-electron chi connectivity index (χ4n) is 2.78. The number of pyridine rings is 1. The Labute approximate surface area is 125 Å². The third-order valence-corrected chi connectivity index (χ3v) is 3.73. The number of hydrogen-bond acceptors (Lipinski definition) is 3. The second-order valence-corrected chi connectivity index (χ2v) is 5.41. The van der Waals surface area contributed by atoms with Gasteiger partial charge in [-0.05, 0) is 38.0 Å². The van der Waals surface area contributed by atoms with E-state index in [1.807, 2.05) is 31.5 Å². The highest BCUT2D eigenvalue weighted by Crippen LogP contribution is 2.32. The normalized spacial score (nSPS) is 12.5. The zero-order valence-electron chi connectivity index (χ0n) is 12.7. The maximum absolute atomic E-state index is 6.07. The molecule has 0 aliphatic heterocycles. The summed E-state index contributed by atoms with van der Waals surface area (Å²) in [5.41, 5.74) is 4.41. The van der Waals surface area contributed by atoms with Crippen LogP contribution in [-0.4, -0.2) is 4.98 Å². The molecule has 1 aromatic carbocycles. The molecule has 0 aliphatic carbocycles. The standard InChI is InChI=1S/C18H20N2O/c1-4-15-16-7-5-6-8-17(16)21-18(15)13(3)20-14-9-12(2)10-19-11-14/h5-11,13,20H,4H2,1-3H3. The number of aromatic nitrogens is 1. The van der Waals surface area contributed by atoms with E-state index >= 15 is 0 Å². The van der Waals surface area contributed by atoms with Gasteiger partial charge in [0.2, 0.25) is 0 Å².